The molecule has 16 heavy (non-hydrogen) atoms. The van der Waals surface area contributed by atoms with Crippen molar-refractivity contribution in [1.82, 2.24) is 0 Å². The Bertz CT molecular complexity index is 432. The maximum atomic E-state index is 11.6. The fourth-order valence-electron chi connectivity index (χ4n) is 1.54. The van der Waals surface area contributed by atoms with Crippen LogP contribution in [0.1, 0.15) is 20.7 Å². The Morgan fingerprint density at radius 3 is 1.94 bits per heavy atom. The molecule has 1 aliphatic rings. The Morgan fingerprint density at radius 1 is 1.12 bits per heavy atom. The van der Waals surface area contributed by atoms with Crippen LogP contribution < -0.4 is 29.6 Å². The molecule has 0 saturated carbocycles. The van der Waals surface area contributed by atoms with Crippen LogP contribution in [-0.2, 0) is 9.53 Å². The van der Waals surface area contributed by atoms with Gasteiger partial charge >= 0.3 is 29.6 Å². The average Bonchev–Trinajstić information content (AvgIpc) is 2.52. The van der Waals surface area contributed by atoms with Crippen LogP contribution in [-0.4, -0.2) is 24.6 Å². The van der Waals surface area contributed by atoms with Gasteiger partial charge in [0.1, 0.15) is 0 Å². The molecule has 1 aliphatic carbocycles. The van der Waals surface area contributed by atoms with Gasteiger partial charge in [-0.1, -0.05) is 12.1 Å². The predicted molar refractivity (Wildman–Crippen MR) is 50.4 cm³/mol. The van der Waals surface area contributed by atoms with Crippen molar-refractivity contribution in [2.45, 2.75) is 0 Å². The molecule has 2 rings (SSSR count). The maximum absolute atomic E-state index is 11.6. The van der Waals surface area contributed by atoms with Crippen molar-refractivity contribution in [2.24, 2.45) is 0 Å². The van der Waals surface area contributed by atoms with Gasteiger partial charge in [0.25, 0.3) is 5.97 Å². The molecule has 0 amide bonds. The van der Waals surface area contributed by atoms with Crippen molar-refractivity contribution in [3.05, 3.63) is 41.3 Å². The summed E-state index contributed by atoms with van der Waals surface area (Å²) in [5.41, 5.74) is 0.533. The largest absolute Gasteiger partial charge is 1.00 e. The number of ketones is 2. The minimum absolute atomic E-state index is 0. The molecule has 0 aromatic heterocycles. The van der Waals surface area contributed by atoms with Crippen molar-refractivity contribution in [1.29, 1.82) is 0 Å². The van der Waals surface area contributed by atoms with Crippen LogP contribution in [0.15, 0.2) is 24.3 Å². The van der Waals surface area contributed by atoms with E-state index in [2.05, 4.69) is 4.74 Å². The Balaban J connectivity index is 0.00000128. The third kappa shape index (κ3) is 1.80. The standard InChI is InChI=1S/C11H7O4.Na/c1-15-11(14)8-9(12)6-4-2-3-5-7(6)10(8)13;/h2-5H,1H3;/q-1;+1. The first kappa shape index (κ1) is 13.0. The van der Waals surface area contributed by atoms with Crippen LogP contribution in [0, 0.1) is 5.92 Å². The van der Waals surface area contributed by atoms with Gasteiger partial charge in [-0.25, -0.2) is 0 Å². The number of Topliss-reactive ketones (excluding diaryl/α,β-unsaturated/α-hetero) is 2. The molecule has 0 unspecified atom stereocenters. The summed E-state index contributed by atoms with van der Waals surface area (Å²) in [6, 6.07) is 6.32. The van der Waals surface area contributed by atoms with Crippen molar-refractivity contribution >= 4 is 17.5 Å². The number of esters is 1. The second-order valence-corrected chi connectivity index (χ2v) is 3.07. The van der Waals surface area contributed by atoms with Crippen molar-refractivity contribution in [2.75, 3.05) is 7.11 Å². The number of carbonyl (C=O) groups excluding carboxylic acids is 3. The molecule has 4 nitrogen and oxygen atoms in total. The van der Waals surface area contributed by atoms with Gasteiger partial charge in [0.2, 0.25) is 0 Å². The van der Waals surface area contributed by atoms with Crippen LogP contribution in [0.25, 0.3) is 0 Å². The molecule has 76 valence electrons. The molecular weight excluding hydrogens is 219 g/mol. The van der Waals surface area contributed by atoms with Crippen LogP contribution in [0.4, 0.5) is 0 Å². The van der Waals surface area contributed by atoms with E-state index < -0.39 is 23.5 Å². The Morgan fingerprint density at radius 2 is 1.56 bits per heavy atom. The molecular formula is C11H7NaO4. The normalized spacial score (nSPS) is 13.2. The van der Waals surface area contributed by atoms with E-state index in [0.29, 0.717) is 0 Å². The Hall–Kier alpha value is -1.10. The molecule has 5 heteroatoms. The number of ether oxygens (including phenoxy) is 1. The molecule has 0 radical (unpaired) electrons. The van der Waals surface area contributed by atoms with Gasteiger partial charge in [0.05, 0.1) is 18.7 Å². The van der Waals surface area contributed by atoms with E-state index in [-0.39, 0.29) is 40.7 Å². The minimum Gasteiger partial charge on any atom is -0.474 e. The SMILES string of the molecule is COC(=O)[C-]1C(=O)c2ccccc2C1=O.[Na+]. The smallest absolute Gasteiger partial charge is 0.474 e. The van der Waals surface area contributed by atoms with E-state index >= 15 is 0 Å². The first-order valence-corrected chi connectivity index (χ1v) is 4.30. The van der Waals surface area contributed by atoms with Crippen LogP contribution in [0.5, 0.6) is 0 Å². The van der Waals surface area contributed by atoms with Gasteiger partial charge in [0, 0.05) is 5.92 Å². The summed E-state index contributed by atoms with van der Waals surface area (Å²) in [6.07, 6.45) is 0. The maximum Gasteiger partial charge on any atom is 1.00 e. The summed E-state index contributed by atoms with van der Waals surface area (Å²) in [6.45, 7) is 0. The topological polar surface area (TPSA) is 60.4 Å². The van der Waals surface area contributed by atoms with E-state index in [1.807, 2.05) is 0 Å². The van der Waals surface area contributed by atoms with Crippen molar-refractivity contribution in [3.63, 3.8) is 0 Å². The number of carbonyl (C=O) groups is 3. The van der Waals surface area contributed by atoms with Crippen LogP contribution >= 0.6 is 0 Å². The van der Waals surface area contributed by atoms with Gasteiger partial charge in [-0.2, -0.15) is 0 Å². The molecule has 0 aliphatic heterocycles. The van der Waals surface area contributed by atoms with Gasteiger partial charge in [-0.05, 0) is 0 Å². The van der Waals surface area contributed by atoms with E-state index in [1.54, 1.807) is 12.1 Å². The summed E-state index contributed by atoms with van der Waals surface area (Å²) in [5, 5.41) is 0. The Kier molecular flexibility index (Phi) is 3.91. The molecule has 1 aromatic rings. The fourth-order valence-corrected chi connectivity index (χ4v) is 1.54. The Labute approximate surface area is 114 Å². The number of fused-ring (bicyclic) bond motifs is 1. The molecule has 0 heterocycles. The molecule has 0 fully saturated rings. The van der Waals surface area contributed by atoms with Gasteiger partial charge in [-0.3, -0.25) is 4.79 Å². The average molecular weight is 226 g/mol. The summed E-state index contributed by atoms with van der Waals surface area (Å²) in [7, 11) is 1.14. The fraction of sp³-hybridized carbons (Fsp3) is 0.0909. The first-order valence-electron chi connectivity index (χ1n) is 4.30. The zero-order valence-electron chi connectivity index (χ0n) is 8.94. The third-order valence-corrected chi connectivity index (χ3v) is 2.26. The number of methoxy groups -OCH3 is 1. The summed E-state index contributed by atoms with van der Waals surface area (Å²) < 4.78 is 4.39. The second-order valence-electron chi connectivity index (χ2n) is 3.07. The molecule has 0 atom stereocenters. The molecule has 0 bridgehead atoms. The molecule has 0 N–H and O–H groups in total. The zero-order chi connectivity index (χ0) is 11.0. The van der Waals surface area contributed by atoms with Gasteiger partial charge in [0.15, 0.2) is 0 Å². The molecule has 0 saturated heterocycles. The molecule has 0 spiro atoms. The monoisotopic (exact) mass is 226 g/mol. The second kappa shape index (κ2) is 4.82. The van der Waals surface area contributed by atoms with Gasteiger partial charge in [-0.15, -0.1) is 23.3 Å². The van der Waals surface area contributed by atoms with E-state index in [9.17, 15) is 14.4 Å². The molecule has 1 aromatic carbocycles. The van der Waals surface area contributed by atoms with E-state index in [1.165, 1.54) is 12.1 Å². The summed E-state index contributed by atoms with van der Waals surface area (Å²) >= 11 is 0. The summed E-state index contributed by atoms with van der Waals surface area (Å²) in [5.74, 6) is -2.38. The van der Waals surface area contributed by atoms with Crippen molar-refractivity contribution in [3.8, 4) is 0 Å². The number of rotatable bonds is 1. The number of benzene rings is 1. The quantitative estimate of drug-likeness (QED) is 0.310. The third-order valence-electron chi connectivity index (χ3n) is 2.26. The predicted octanol–water partition coefficient (Wildman–Crippen LogP) is -2.18. The zero-order valence-corrected chi connectivity index (χ0v) is 10.9. The van der Waals surface area contributed by atoms with Crippen LogP contribution in [0.3, 0.4) is 0 Å². The minimum atomic E-state index is -0.874. The number of hydrogen-bond acceptors (Lipinski definition) is 4. The van der Waals surface area contributed by atoms with E-state index in [0.717, 1.165) is 7.11 Å². The van der Waals surface area contributed by atoms with Crippen molar-refractivity contribution < 1.29 is 48.7 Å². The van der Waals surface area contributed by atoms with E-state index in [4.69, 9.17) is 0 Å². The number of hydrogen-bond donors (Lipinski definition) is 0. The first-order chi connectivity index (χ1) is 7.16. The summed E-state index contributed by atoms with van der Waals surface area (Å²) in [4.78, 5) is 34.5. The van der Waals surface area contributed by atoms with Gasteiger partial charge < -0.3 is 14.3 Å². The van der Waals surface area contributed by atoms with Crippen LogP contribution in [0.2, 0.25) is 0 Å².